The van der Waals surface area contributed by atoms with E-state index in [1.54, 1.807) is 12.1 Å². The number of hydrogen-bond donors (Lipinski definition) is 1. The first-order chi connectivity index (χ1) is 11.6. The normalized spacial score (nSPS) is 13.4. The number of nitrogens with zero attached hydrogens (tertiary/aromatic N) is 3. The molecule has 0 spiro atoms. The quantitative estimate of drug-likeness (QED) is 0.864. The minimum absolute atomic E-state index is 0.0376. The fourth-order valence-electron chi connectivity index (χ4n) is 2.06. The summed E-state index contributed by atoms with van der Waals surface area (Å²) in [7, 11) is 0. The van der Waals surface area contributed by atoms with Gasteiger partial charge in [-0.3, -0.25) is 4.79 Å². The Morgan fingerprint density at radius 1 is 1.21 bits per heavy atom. The zero-order valence-electron chi connectivity index (χ0n) is 12.4. The van der Waals surface area contributed by atoms with Gasteiger partial charge in [-0.2, -0.15) is 9.49 Å². The molecule has 8 heteroatoms. The number of hydrogen-bond acceptors (Lipinski definition) is 5. The standard InChI is InChI=1S/C16H12F2N4OS/c17-12-8-19-14(18)6-11(12)13-7-16(22-21-13)24-9-15(23)20-10-4-2-1-3-5-10/h1-6,8H,7,9H2,(H,20,23). The topological polar surface area (TPSA) is 66.7 Å². The van der Waals surface area contributed by atoms with Crippen LogP contribution in [0.2, 0.25) is 0 Å². The number of para-hydroxylation sites is 1. The summed E-state index contributed by atoms with van der Waals surface area (Å²) < 4.78 is 26.8. The predicted octanol–water partition coefficient (Wildman–Crippen LogP) is 3.24. The van der Waals surface area contributed by atoms with Crippen molar-refractivity contribution in [3.8, 4) is 0 Å². The molecular weight excluding hydrogens is 334 g/mol. The van der Waals surface area contributed by atoms with Gasteiger partial charge in [0.05, 0.1) is 17.7 Å². The number of thioether (sulfide) groups is 1. The number of nitrogens with one attached hydrogen (secondary N) is 1. The highest BCUT2D eigenvalue weighted by molar-refractivity contribution is 8.14. The van der Waals surface area contributed by atoms with E-state index in [2.05, 4.69) is 20.5 Å². The molecule has 1 aliphatic rings. The van der Waals surface area contributed by atoms with Crippen LogP contribution in [0.25, 0.3) is 0 Å². The fraction of sp³-hybridized carbons (Fsp3) is 0.125. The van der Waals surface area contributed by atoms with Gasteiger partial charge in [-0.15, -0.1) is 5.10 Å². The molecule has 0 saturated carbocycles. The molecule has 1 aromatic heterocycles. The molecule has 1 amide bonds. The van der Waals surface area contributed by atoms with Crippen molar-refractivity contribution in [3.05, 3.63) is 59.9 Å². The summed E-state index contributed by atoms with van der Waals surface area (Å²) in [5, 5.41) is 11.1. The van der Waals surface area contributed by atoms with Crippen molar-refractivity contribution in [2.24, 2.45) is 10.2 Å². The number of aromatic nitrogens is 1. The van der Waals surface area contributed by atoms with Crippen LogP contribution in [0, 0.1) is 11.8 Å². The molecule has 122 valence electrons. The third-order valence-corrected chi connectivity index (χ3v) is 4.13. The van der Waals surface area contributed by atoms with Gasteiger partial charge in [0.1, 0.15) is 5.04 Å². The Morgan fingerprint density at radius 3 is 2.79 bits per heavy atom. The molecule has 3 rings (SSSR count). The van der Waals surface area contributed by atoms with E-state index in [4.69, 9.17) is 0 Å². The number of pyridine rings is 1. The minimum atomic E-state index is -0.780. The van der Waals surface area contributed by atoms with Gasteiger partial charge in [0.15, 0.2) is 5.82 Å². The van der Waals surface area contributed by atoms with E-state index in [1.807, 2.05) is 18.2 Å². The SMILES string of the molecule is O=C(CSC1=NN=C(c2cc(F)ncc2F)C1)Nc1ccccc1. The van der Waals surface area contributed by atoms with Gasteiger partial charge < -0.3 is 5.32 Å². The number of carbonyl (C=O) groups excluding carboxylic acids is 1. The number of amides is 1. The molecule has 0 fully saturated rings. The summed E-state index contributed by atoms with van der Waals surface area (Å²) in [6.45, 7) is 0. The second-order valence-corrected chi connectivity index (χ2v) is 5.96. The molecule has 1 N–H and O–H groups in total. The monoisotopic (exact) mass is 346 g/mol. The van der Waals surface area contributed by atoms with E-state index in [1.165, 1.54) is 11.8 Å². The van der Waals surface area contributed by atoms with Gasteiger partial charge in [-0.1, -0.05) is 30.0 Å². The summed E-state index contributed by atoms with van der Waals surface area (Å²) in [6.07, 6.45) is 1.06. The molecular formula is C16H12F2N4OS. The number of carbonyl (C=O) groups is 1. The van der Waals surface area contributed by atoms with Crippen molar-refractivity contribution >= 4 is 34.1 Å². The van der Waals surface area contributed by atoms with Crippen LogP contribution >= 0.6 is 11.8 Å². The molecule has 24 heavy (non-hydrogen) atoms. The van der Waals surface area contributed by atoms with Gasteiger partial charge in [0, 0.05) is 23.7 Å². The molecule has 0 atom stereocenters. The van der Waals surface area contributed by atoms with Crippen LogP contribution in [-0.4, -0.2) is 27.4 Å². The van der Waals surface area contributed by atoms with Crippen molar-refractivity contribution < 1.29 is 13.6 Å². The summed E-state index contributed by atoms with van der Waals surface area (Å²) in [4.78, 5) is 15.1. The number of rotatable bonds is 4. The molecule has 2 aromatic rings. The number of benzene rings is 1. The molecule has 0 aliphatic carbocycles. The Hall–Kier alpha value is -2.61. The lowest BCUT2D eigenvalue weighted by Crippen LogP contribution is -2.15. The highest BCUT2D eigenvalue weighted by atomic mass is 32.2. The zero-order valence-corrected chi connectivity index (χ0v) is 13.2. The third kappa shape index (κ3) is 4.02. The summed E-state index contributed by atoms with van der Waals surface area (Å²) >= 11 is 1.21. The Morgan fingerprint density at radius 2 is 2.00 bits per heavy atom. The van der Waals surface area contributed by atoms with Gasteiger partial charge in [0.25, 0.3) is 0 Å². The lowest BCUT2D eigenvalue weighted by molar-refractivity contribution is -0.113. The van der Waals surface area contributed by atoms with Crippen molar-refractivity contribution in [3.63, 3.8) is 0 Å². The van der Waals surface area contributed by atoms with E-state index in [-0.39, 0.29) is 23.6 Å². The molecule has 0 unspecified atom stereocenters. The number of anilines is 1. The first-order valence-electron chi connectivity index (χ1n) is 7.04. The van der Waals surface area contributed by atoms with Crippen LogP contribution in [0.5, 0.6) is 0 Å². The summed E-state index contributed by atoms with van der Waals surface area (Å²) in [5.41, 5.74) is 1.07. The first kappa shape index (κ1) is 16.3. The Balaban J connectivity index is 1.52. The minimum Gasteiger partial charge on any atom is -0.325 e. The molecule has 1 aromatic carbocycles. The maximum atomic E-state index is 13.7. The largest absolute Gasteiger partial charge is 0.325 e. The van der Waals surface area contributed by atoms with Crippen LogP contribution < -0.4 is 5.32 Å². The van der Waals surface area contributed by atoms with Crippen molar-refractivity contribution in [1.29, 1.82) is 0 Å². The van der Waals surface area contributed by atoms with Gasteiger partial charge in [-0.25, -0.2) is 9.37 Å². The Bertz CT molecular complexity index is 824. The van der Waals surface area contributed by atoms with E-state index in [9.17, 15) is 13.6 Å². The Kier molecular flexibility index (Phi) is 4.95. The number of halogens is 2. The summed E-state index contributed by atoms with van der Waals surface area (Å²) in [6, 6.07) is 10.1. The average Bonchev–Trinajstić information content (AvgIpc) is 3.05. The maximum absolute atomic E-state index is 13.7. The molecule has 0 bridgehead atoms. The lowest BCUT2D eigenvalue weighted by atomic mass is 10.1. The van der Waals surface area contributed by atoms with E-state index >= 15 is 0 Å². The van der Waals surface area contributed by atoms with E-state index in [0.29, 0.717) is 16.4 Å². The van der Waals surface area contributed by atoms with E-state index in [0.717, 1.165) is 12.3 Å². The second-order valence-electron chi connectivity index (χ2n) is 4.91. The van der Waals surface area contributed by atoms with Crippen LogP contribution in [-0.2, 0) is 4.79 Å². The predicted molar refractivity (Wildman–Crippen MR) is 90.3 cm³/mol. The van der Waals surface area contributed by atoms with Gasteiger partial charge in [-0.05, 0) is 12.1 Å². The first-order valence-corrected chi connectivity index (χ1v) is 8.03. The second kappa shape index (κ2) is 7.31. The Labute approximate surface area is 140 Å². The van der Waals surface area contributed by atoms with Crippen molar-refractivity contribution in [2.75, 3.05) is 11.1 Å². The van der Waals surface area contributed by atoms with Crippen molar-refractivity contribution in [2.45, 2.75) is 6.42 Å². The molecule has 1 aliphatic heterocycles. The van der Waals surface area contributed by atoms with Crippen LogP contribution in [0.4, 0.5) is 14.5 Å². The summed E-state index contributed by atoms with van der Waals surface area (Å²) in [5.74, 6) is -1.46. The van der Waals surface area contributed by atoms with Crippen molar-refractivity contribution in [1.82, 2.24) is 4.98 Å². The smallest absolute Gasteiger partial charge is 0.234 e. The van der Waals surface area contributed by atoms with Crippen LogP contribution in [0.15, 0.2) is 52.8 Å². The highest BCUT2D eigenvalue weighted by Gasteiger charge is 2.19. The molecule has 0 radical (unpaired) electrons. The third-order valence-electron chi connectivity index (χ3n) is 3.16. The molecule has 2 heterocycles. The molecule has 0 saturated heterocycles. The molecule has 5 nitrogen and oxygen atoms in total. The average molecular weight is 346 g/mol. The van der Waals surface area contributed by atoms with E-state index < -0.39 is 11.8 Å². The maximum Gasteiger partial charge on any atom is 0.234 e. The zero-order chi connectivity index (χ0) is 16.9. The van der Waals surface area contributed by atoms with Crippen LogP contribution in [0.3, 0.4) is 0 Å². The fourth-order valence-corrected chi connectivity index (χ4v) is 2.77. The van der Waals surface area contributed by atoms with Gasteiger partial charge >= 0.3 is 0 Å². The van der Waals surface area contributed by atoms with Crippen LogP contribution in [0.1, 0.15) is 12.0 Å². The van der Waals surface area contributed by atoms with Gasteiger partial charge in [0.2, 0.25) is 11.9 Å². The highest BCUT2D eigenvalue weighted by Crippen LogP contribution is 2.21. The lowest BCUT2D eigenvalue weighted by Gasteiger charge is -2.05.